The number of carbonyl (C=O) groups is 1. The van der Waals surface area contributed by atoms with Gasteiger partial charge in [0.2, 0.25) is 5.91 Å². The minimum Gasteiger partial charge on any atom is -0.381 e. The Kier molecular flexibility index (Phi) is 4.40. The van der Waals surface area contributed by atoms with Crippen LogP contribution in [-0.2, 0) is 9.53 Å². The highest BCUT2D eigenvalue weighted by atomic mass is 16.5. The minimum absolute atomic E-state index is 0.0114. The summed E-state index contributed by atoms with van der Waals surface area (Å²) in [5.41, 5.74) is 2.33. The third-order valence-corrected chi connectivity index (χ3v) is 5.16. The lowest BCUT2D eigenvalue weighted by molar-refractivity contribution is -0.125. The van der Waals surface area contributed by atoms with Crippen LogP contribution in [0.5, 0.6) is 0 Å². The maximum Gasteiger partial charge on any atom is 0.246 e. The van der Waals surface area contributed by atoms with E-state index in [4.69, 9.17) is 4.74 Å². The fourth-order valence-electron chi connectivity index (χ4n) is 3.82. The van der Waals surface area contributed by atoms with Crippen LogP contribution in [0.4, 0.5) is 5.82 Å². The Balaban J connectivity index is 1.58. The molecule has 7 nitrogen and oxygen atoms in total. The summed E-state index contributed by atoms with van der Waals surface area (Å²) >= 11 is 0. The summed E-state index contributed by atoms with van der Waals surface area (Å²) in [6.45, 7) is 6.60. The molecule has 0 saturated carbocycles. The molecule has 4 heterocycles. The number of nitrogens with one attached hydrogen (secondary N) is 1. The van der Waals surface area contributed by atoms with Gasteiger partial charge in [-0.3, -0.25) is 4.79 Å². The van der Waals surface area contributed by atoms with Gasteiger partial charge in [0.05, 0.1) is 0 Å². The maximum atomic E-state index is 11.8. The molecule has 132 valence electrons. The molecular formula is C18H23N5O2. The molecule has 1 amide bonds. The van der Waals surface area contributed by atoms with Crippen molar-refractivity contribution in [3.8, 4) is 0 Å². The maximum absolute atomic E-state index is 11.8. The number of nitrogens with zero attached hydrogens (tertiary/aromatic N) is 4. The highest BCUT2D eigenvalue weighted by molar-refractivity contribution is 5.87. The van der Waals surface area contributed by atoms with E-state index in [1.165, 1.54) is 11.6 Å². The third-order valence-electron chi connectivity index (χ3n) is 5.16. The summed E-state index contributed by atoms with van der Waals surface area (Å²) in [6, 6.07) is 2.34. The van der Waals surface area contributed by atoms with Crippen LogP contribution >= 0.6 is 0 Å². The standard InChI is InChI=1S/C18H23N5O2/c1-2-16(24)22-7-3-14(11-22)21-18-17-15(13-5-9-25-10-6-13)4-8-23(17)20-12-19-18/h2,4,8,12-14H,1,3,5-7,9-11H2,(H,19,20,21)/t14-/m1/s1. The topological polar surface area (TPSA) is 71.8 Å². The van der Waals surface area contributed by atoms with Crippen LogP contribution in [0, 0.1) is 0 Å². The molecule has 1 N–H and O–H groups in total. The van der Waals surface area contributed by atoms with E-state index in [-0.39, 0.29) is 11.9 Å². The lowest BCUT2D eigenvalue weighted by Gasteiger charge is -2.22. The van der Waals surface area contributed by atoms with Crippen molar-refractivity contribution >= 4 is 17.2 Å². The van der Waals surface area contributed by atoms with Gasteiger partial charge < -0.3 is 15.0 Å². The van der Waals surface area contributed by atoms with Crippen LogP contribution in [0.2, 0.25) is 0 Å². The average molecular weight is 341 g/mol. The molecule has 7 heteroatoms. The van der Waals surface area contributed by atoms with Crippen molar-refractivity contribution < 1.29 is 9.53 Å². The monoisotopic (exact) mass is 341 g/mol. The number of carbonyl (C=O) groups excluding carboxylic acids is 1. The number of ether oxygens (including phenoxy) is 1. The van der Waals surface area contributed by atoms with Crippen LogP contribution in [-0.4, -0.2) is 57.8 Å². The molecule has 4 rings (SSSR count). The highest BCUT2D eigenvalue weighted by Crippen LogP contribution is 2.33. The van der Waals surface area contributed by atoms with Crippen molar-refractivity contribution in [2.75, 3.05) is 31.6 Å². The molecule has 2 fully saturated rings. The van der Waals surface area contributed by atoms with E-state index in [9.17, 15) is 4.79 Å². The van der Waals surface area contributed by atoms with Gasteiger partial charge in [-0.25, -0.2) is 9.50 Å². The van der Waals surface area contributed by atoms with Crippen LogP contribution in [0.1, 0.15) is 30.7 Å². The van der Waals surface area contributed by atoms with Gasteiger partial charge in [-0.15, -0.1) is 0 Å². The quantitative estimate of drug-likeness (QED) is 0.859. The Bertz CT molecular complexity index is 781. The van der Waals surface area contributed by atoms with E-state index >= 15 is 0 Å². The summed E-state index contributed by atoms with van der Waals surface area (Å²) in [6.07, 6.45) is 7.91. The van der Waals surface area contributed by atoms with Crippen molar-refractivity contribution in [2.24, 2.45) is 0 Å². The van der Waals surface area contributed by atoms with Gasteiger partial charge in [0.25, 0.3) is 0 Å². The van der Waals surface area contributed by atoms with Crippen molar-refractivity contribution in [2.45, 2.75) is 31.2 Å². The second-order valence-corrected chi connectivity index (χ2v) is 6.68. The fourth-order valence-corrected chi connectivity index (χ4v) is 3.82. The first kappa shape index (κ1) is 16.1. The van der Waals surface area contributed by atoms with Gasteiger partial charge in [0.15, 0.2) is 5.82 Å². The van der Waals surface area contributed by atoms with E-state index < -0.39 is 0 Å². The lowest BCUT2D eigenvalue weighted by atomic mass is 9.92. The first-order valence-electron chi connectivity index (χ1n) is 8.84. The van der Waals surface area contributed by atoms with Gasteiger partial charge in [0.1, 0.15) is 11.8 Å². The Morgan fingerprint density at radius 2 is 2.20 bits per heavy atom. The van der Waals surface area contributed by atoms with E-state index in [1.54, 1.807) is 6.33 Å². The van der Waals surface area contributed by atoms with Crippen LogP contribution in [0.3, 0.4) is 0 Å². The predicted molar refractivity (Wildman–Crippen MR) is 94.6 cm³/mol. The number of rotatable bonds is 4. The zero-order valence-corrected chi connectivity index (χ0v) is 14.2. The minimum atomic E-state index is -0.0114. The molecule has 2 aromatic rings. The molecule has 1 atom stereocenters. The molecule has 0 bridgehead atoms. The van der Waals surface area contributed by atoms with E-state index in [2.05, 4.69) is 28.0 Å². The first-order valence-corrected chi connectivity index (χ1v) is 8.84. The van der Waals surface area contributed by atoms with E-state index in [0.717, 1.165) is 50.4 Å². The number of anilines is 1. The number of amides is 1. The zero-order valence-electron chi connectivity index (χ0n) is 14.2. The number of fused-ring (bicyclic) bond motifs is 1. The van der Waals surface area contributed by atoms with Gasteiger partial charge in [0, 0.05) is 38.5 Å². The van der Waals surface area contributed by atoms with Gasteiger partial charge in [-0.05, 0) is 42.9 Å². The predicted octanol–water partition coefficient (Wildman–Crippen LogP) is 1.82. The zero-order chi connectivity index (χ0) is 17.2. The number of aromatic nitrogens is 3. The lowest BCUT2D eigenvalue weighted by Crippen LogP contribution is -2.30. The normalized spacial score (nSPS) is 21.6. The Hall–Kier alpha value is -2.41. The smallest absolute Gasteiger partial charge is 0.246 e. The van der Waals surface area contributed by atoms with Crippen molar-refractivity contribution in [3.05, 3.63) is 36.8 Å². The molecule has 0 radical (unpaired) electrons. The average Bonchev–Trinajstić information content (AvgIpc) is 3.29. The number of hydrogen-bond donors (Lipinski definition) is 1. The Labute approximate surface area is 146 Å². The number of hydrogen-bond acceptors (Lipinski definition) is 5. The fraction of sp³-hybridized carbons (Fsp3) is 0.500. The summed E-state index contributed by atoms with van der Waals surface area (Å²) in [7, 11) is 0. The third kappa shape index (κ3) is 3.11. The largest absolute Gasteiger partial charge is 0.381 e. The molecule has 25 heavy (non-hydrogen) atoms. The first-order chi connectivity index (χ1) is 12.3. The summed E-state index contributed by atoms with van der Waals surface area (Å²) in [5.74, 6) is 1.31. The van der Waals surface area contributed by atoms with E-state index in [1.807, 2.05) is 15.6 Å². The number of likely N-dealkylation sites (tertiary alicyclic amines) is 1. The second kappa shape index (κ2) is 6.84. The van der Waals surface area contributed by atoms with Gasteiger partial charge in [-0.1, -0.05) is 6.58 Å². The van der Waals surface area contributed by atoms with Crippen molar-refractivity contribution in [1.29, 1.82) is 0 Å². The van der Waals surface area contributed by atoms with Crippen LogP contribution < -0.4 is 5.32 Å². The summed E-state index contributed by atoms with van der Waals surface area (Å²) in [5, 5.41) is 7.87. The molecule has 0 spiro atoms. The summed E-state index contributed by atoms with van der Waals surface area (Å²) in [4.78, 5) is 18.1. The SMILES string of the molecule is C=CC(=O)N1CC[C@@H](Nc2ncnn3ccc(C4CCOCC4)c23)C1. The van der Waals surface area contributed by atoms with E-state index in [0.29, 0.717) is 12.5 Å². The second-order valence-electron chi connectivity index (χ2n) is 6.68. The molecule has 2 saturated heterocycles. The van der Waals surface area contributed by atoms with Crippen molar-refractivity contribution in [3.63, 3.8) is 0 Å². The molecule has 0 unspecified atom stereocenters. The van der Waals surface area contributed by atoms with Crippen molar-refractivity contribution in [1.82, 2.24) is 19.5 Å². The molecule has 2 aliphatic rings. The molecular weight excluding hydrogens is 318 g/mol. The molecule has 0 aliphatic carbocycles. The molecule has 0 aromatic carbocycles. The van der Waals surface area contributed by atoms with Gasteiger partial charge >= 0.3 is 0 Å². The van der Waals surface area contributed by atoms with Crippen LogP contribution in [0.25, 0.3) is 5.52 Å². The molecule has 2 aliphatic heterocycles. The Morgan fingerprint density at radius 3 is 3.00 bits per heavy atom. The highest BCUT2D eigenvalue weighted by Gasteiger charge is 2.27. The Morgan fingerprint density at radius 1 is 1.36 bits per heavy atom. The molecule has 2 aromatic heterocycles. The summed E-state index contributed by atoms with van der Waals surface area (Å²) < 4.78 is 7.38. The van der Waals surface area contributed by atoms with Gasteiger partial charge in [-0.2, -0.15) is 5.10 Å². The van der Waals surface area contributed by atoms with Crippen LogP contribution in [0.15, 0.2) is 31.2 Å².